The number of rotatable bonds is 2. The Morgan fingerprint density at radius 3 is 2.81 bits per heavy atom. The van der Waals surface area contributed by atoms with E-state index in [2.05, 4.69) is 19.2 Å². The summed E-state index contributed by atoms with van der Waals surface area (Å²) < 4.78 is 0. The zero-order valence-electron chi connectivity index (χ0n) is 11.8. The Hall–Kier alpha value is -1.75. The third-order valence-electron chi connectivity index (χ3n) is 4.47. The number of benzene rings is 1. The molecule has 21 heavy (non-hydrogen) atoms. The molecule has 5 nitrogen and oxygen atoms in total. The molecule has 112 valence electrons. The number of anilines is 1. The van der Waals surface area contributed by atoms with Gasteiger partial charge in [0.25, 0.3) is 5.69 Å². The molecule has 1 aliphatic carbocycles. The van der Waals surface area contributed by atoms with Crippen LogP contribution in [0.25, 0.3) is 0 Å². The van der Waals surface area contributed by atoms with Crippen molar-refractivity contribution in [2.75, 3.05) is 5.32 Å². The monoisotopic (exact) mass is 307 g/mol. The Morgan fingerprint density at radius 2 is 2.19 bits per heavy atom. The molecule has 0 fully saturated rings. The predicted molar refractivity (Wildman–Crippen MR) is 79.8 cm³/mol. The van der Waals surface area contributed by atoms with E-state index in [-0.39, 0.29) is 34.3 Å². The Kier molecular flexibility index (Phi) is 3.32. The van der Waals surface area contributed by atoms with Crippen LogP contribution in [-0.2, 0) is 0 Å². The molecule has 1 heterocycles. The average Bonchev–Trinajstić information content (AvgIpc) is 2.86. The van der Waals surface area contributed by atoms with Gasteiger partial charge in [-0.3, -0.25) is 10.1 Å². The summed E-state index contributed by atoms with van der Waals surface area (Å²) in [4.78, 5) is 10.9. The van der Waals surface area contributed by atoms with Gasteiger partial charge in [-0.15, -0.1) is 0 Å². The van der Waals surface area contributed by atoms with Crippen molar-refractivity contribution >= 4 is 23.0 Å². The van der Waals surface area contributed by atoms with Gasteiger partial charge in [0.05, 0.1) is 10.5 Å². The van der Waals surface area contributed by atoms with Crippen molar-refractivity contribution < 1.29 is 10.0 Å². The van der Waals surface area contributed by atoms with Crippen LogP contribution in [0, 0.1) is 22.0 Å². The molecule has 1 aromatic rings. The number of nitrogens with zero attached hydrogens (tertiary/aromatic N) is 1. The largest absolute Gasteiger partial charge is 0.871 e. The summed E-state index contributed by atoms with van der Waals surface area (Å²) in [5.41, 5.74) is 0.660. The van der Waals surface area contributed by atoms with Crippen LogP contribution in [0.1, 0.15) is 31.7 Å². The first-order chi connectivity index (χ1) is 9.91. The molecule has 3 atom stereocenters. The second-order valence-electron chi connectivity index (χ2n) is 6.02. The maximum Gasteiger partial charge on any atom is 0.293 e. The lowest BCUT2D eigenvalue weighted by Gasteiger charge is -2.41. The van der Waals surface area contributed by atoms with Crippen LogP contribution >= 0.6 is 11.6 Å². The molecule has 0 spiro atoms. The van der Waals surface area contributed by atoms with Gasteiger partial charge in [0, 0.05) is 17.6 Å². The molecule has 1 N–H and O–H groups in total. The molecule has 3 rings (SSSR count). The van der Waals surface area contributed by atoms with Crippen molar-refractivity contribution in [2.45, 2.75) is 32.2 Å². The van der Waals surface area contributed by atoms with Gasteiger partial charge in [0.2, 0.25) is 0 Å². The Labute approximate surface area is 127 Å². The number of fused-ring (bicyclic) bond motifs is 3. The summed E-state index contributed by atoms with van der Waals surface area (Å²) in [5.74, 6) is 0.180. The Morgan fingerprint density at radius 1 is 1.48 bits per heavy atom. The molecule has 6 heteroatoms. The van der Waals surface area contributed by atoms with E-state index in [9.17, 15) is 15.2 Å². The Balaban J connectivity index is 2.24. The van der Waals surface area contributed by atoms with E-state index in [4.69, 9.17) is 11.6 Å². The summed E-state index contributed by atoms with van der Waals surface area (Å²) in [6.45, 7) is 4.18. The predicted octanol–water partition coefficient (Wildman–Crippen LogP) is 3.43. The van der Waals surface area contributed by atoms with Gasteiger partial charge in [-0.2, -0.15) is 0 Å². The number of hydrogen-bond acceptors (Lipinski definition) is 4. The number of halogens is 1. The quantitative estimate of drug-likeness (QED) is 0.516. The number of nitro groups is 1. The molecule has 1 aromatic carbocycles. The van der Waals surface area contributed by atoms with E-state index in [1.54, 1.807) is 0 Å². The fraction of sp³-hybridized carbons (Fsp3) is 0.467. The van der Waals surface area contributed by atoms with Crippen LogP contribution in [0.15, 0.2) is 18.2 Å². The van der Waals surface area contributed by atoms with Crippen molar-refractivity contribution in [2.24, 2.45) is 11.8 Å². The van der Waals surface area contributed by atoms with Gasteiger partial charge >= 0.3 is 0 Å². The van der Waals surface area contributed by atoms with Crippen molar-refractivity contribution in [3.8, 4) is 5.75 Å². The van der Waals surface area contributed by atoms with Crippen LogP contribution in [0.4, 0.5) is 11.4 Å². The van der Waals surface area contributed by atoms with Crippen LogP contribution in [-0.4, -0.2) is 11.0 Å². The molecule has 0 amide bonds. The zero-order valence-corrected chi connectivity index (χ0v) is 12.6. The molecule has 0 radical (unpaired) electrons. The number of hydrogen-bond donors (Lipinski definition) is 1. The van der Waals surface area contributed by atoms with Crippen LogP contribution in [0.5, 0.6) is 5.75 Å². The minimum Gasteiger partial charge on any atom is -0.871 e. The highest BCUT2D eigenvalue weighted by Gasteiger charge is 2.42. The number of nitrogens with one attached hydrogen (secondary N) is 1. The third-order valence-corrected chi connectivity index (χ3v) is 4.76. The highest BCUT2D eigenvalue weighted by atomic mass is 35.5. The van der Waals surface area contributed by atoms with E-state index in [1.807, 2.05) is 12.2 Å². The zero-order chi connectivity index (χ0) is 15.3. The van der Waals surface area contributed by atoms with Gasteiger partial charge < -0.3 is 10.4 Å². The summed E-state index contributed by atoms with van der Waals surface area (Å²) in [5, 5.41) is 26.8. The first kappa shape index (κ1) is 14.2. The molecular weight excluding hydrogens is 292 g/mol. The van der Waals surface area contributed by atoms with Crippen LogP contribution in [0.3, 0.4) is 0 Å². The lowest BCUT2D eigenvalue weighted by atomic mass is 9.75. The van der Waals surface area contributed by atoms with Gasteiger partial charge in [-0.1, -0.05) is 43.3 Å². The maximum atomic E-state index is 12.2. The fourth-order valence-corrected chi connectivity index (χ4v) is 3.85. The SMILES string of the molecule is CC(C)[C@H]1Nc2c([O-])cc(Cl)c([N+](=O)[O-])c2[C@H]2C=CC[C@@H]21. The van der Waals surface area contributed by atoms with E-state index in [1.165, 1.54) is 0 Å². The van der Waals surface area contributed by atoms with Gasteiger partial charge in [-0.05, 0) is 24.3 Å². The van der Waals surface area contributed by atoms with Crippen molar-refractivity contribution in [1.82, 2.24) is 0 Å². The minimum absolute atomic E-state index is 0.0763. The maximum absolute atomic E-state index is 12.2. The van der Waals surface area contributed by atoms with Crippen molar-refractivity contribution in [1.29, 1.82) is 0 Å². The normalized spacial score (nSPS) is 26.4. The summed E-state index contributed by atoms with van der Waals surface area (Å²) in [7, 11) is 0. The van der Waals surface area contributed by atoms with Crippen LogP contribution < -0.4 is 10.4 Å². The summed E-state index contributed by atoms with van der Waals surface area (Å²) in [6.07, 6.45) is 4.87. The van der Waals surface area contributed by atoms with E-state index < -0.39 is 4.92 Å². The second kappa shape index (κ2) is 4.91. The first-order valence-electron chi connectivity index (χ1n) is 7.02. The molecular formula is C15H16ClN2O3-. The van der Waals surface area contributed by atoms with E-state index >= 15 is 0 Å². The van der Waals surface area contributed by atoms with Gasteiger partial charge in [-0.25, -0.2) is 0 Å². The molecule has 0 saturated heterocycles. The van der Waals surface area contributed by atoms with Crippen molar-refractivity contribution in [3.05, 3.63) is 38.9 Å². The van der Waals surface area contributed by atoms with Crippen molar-refractivity contribution in [3.63, 3.8) is 0 Å². The molecule has 0 unspecified atom stereocenters. The average molecular weight is 308 g/mol. The topological polar surface area (TPSA) is 78.2 Å². The Bertz CT molecular complexity index is 642. The molecule has 0 saturated carbocycles. The summed E-state index contributed by atoms with van der Waals surface area (Å²) >= 11 is 5.96. The lowest BCUT2D eigenvalue weighted by molar-refractivity contribution is -0.385. The van der Waals surface area contributed by atoms with E-state index in [0.29, 0.717) is 17.2 Å². The molecule has 0 bridgehead atoms. The standard InChI is InChI=1S/C15H17ClN2O3/c1-7(2)13-9-5-3-4-8(9)12-14(17-13)11(19)6-10(16)15(12)18(20)21/h3-4,6-9,13,17,19H,5H2,1-2H3/p-1/t8-,9-,13+/m0/s1. The highest BCUT2D eigenvalue weighted by Crippen LogP contribution is 2.53. The second-order valence-corrected chi connectivity index (χ2v) is 6.43. The lowest BCUT2D eigenvalue weighted by Crippen LogP contribution is -2.40. The van der Waals surface area contributed by atoms with Gasteiger partial charge in [0.15, 0.2) is 0 Å². The van der Waals surface area contributed by atoms with Crippen LogP contribution in [0.2, 0.25) is 5.02 Å². The molecule has 1 aliphatic heterocycles. The van der Waals surface area contributed by atoms with Gasteiger partial charge in [0.1, 0.15) is 5.02 Å². The highest BCUT2D eigenvalue weighted by molar-refractivity contribution is 6.33. The third kappa shape index (κ3) is 2.07. The molecule has 2 aliphatic rings. The fourth-order valence-electron chi connectivity index (χ4n) is 3.58. The van der Waals surface area contributed by atoms with E-state index in [0.717, 1.165) is 12.5 Å². The summed E-state index contributed by atoms with van der Waals surface area (Å²) in [6, 6.07) is 1.27. The smallest absolute Gasteiger partial charge is 0.293 e. The number of allylic oxidation sites excluding steroid dienone is 2. The minimum atomic E-state index is -0.485. The molecule has 0 aromatic heterocycles. The first-order valence-corrected chi connectivity index (χ1v) is 7.40. The number of nitro benzene ring substituents is 1.